The fourth-order valence-electron chi connectivity index (χ4n) is 4.78. The summed E-state index contributed by atoms with van der Waals surface area (Å²) in [5.41, 5.74) is 3.52. The summed E-state index contributed by atoms with van der Waals surface area (Å²) < 4.78 is 0. The molecule has 27 heavy (non-hydrogen) atoms. The van der Waals surface area contributed by atoms with Crippen molar-refractivity contribution >= 4 is 16.9 Å². The molecule has 2 N–H and O–H groups in total. The van der Waals surface area contributed by atoms with Gasteiger partial charge in [-0.1, -0.05) is 0 Å². The zero-order chi connectivity index (χ0) is 18.8. The molecule has 0 aromatic carbocycles. The highest BCUT2D eigenvalue weighted by atomic mass is 16.3. The molecule has 4 heterocycles. The van der Waals surface area contributed by atoms with Gasteiger partial charge in [0.2, 0.25) is 5.91 Å². The second kappa shape index (κ2) is 7.98. The Balaban J connectivity index is 1.64. The van der Waals surface area contributed by atoms with Crippen LogP contribution in [0.2, 0.25) is 0 Å². The maximum absolute atomic E-state index is 11.9. The maximum atomic E-state index is 11.9. The summed E-state index contributed by atoms with van der Waals surface area (Å²) in [6.07, 6.45) is 6.23. The van der Waals surface area contributed by atoms with Gasteiger partial charge in [-0.15, -0.1) is 0 Å². The summed E-state index contributed by atoms with van der Waals surface area (Å²) >= 11 is 0. The lowest BCUT2D eigenvalue weighted by Crippen LogP contribution is -2.39. The predicted molar refractivity (Wildman–Crippen MR) is 105 cm³/mol. The van der Waals surface area contributed by atoms with Crippen LogP contribution in [-0.2, 0) is 11.3 Å². The number of amides is 1. The van der Waals surface area contributed by atoms with Crippen LogP contribution in [-0.4, -0.2) is 63.6 Å². The van der Waals surface area contributed by atoms with Crippen molar-refractivity contribution < 1.29 is 9.90 Å². The fraction of sp³-hybridized carbons (Fsp3) is 0.619. The Hall–Kier alpha value is -1.92. The Morgan fingerprint density at radius 1 is 1.30 bits per heavy atom. The third-order valence-electron chi connectivity index (χ3n) is 6.23. The van der Waals surface area contributed by atoms with Crippen LogP contribution in [0.5, 0.6) is 0 Å². The van der Waals surface area contributed by atoms with E-state index in [1.54, 1.807) is 6.92 Å². The molecule has 0 bridgehead atoms. The zero-order valence-electron chi connectivity index (χ0n) is 16.2. The van der Waals surface area contributed by atoms with Crippen LogP contribution in [0.3, 0.4) is 0 Å². The minimum atomic E-state index is 0.164. The SMILES string of the molecule is CC(=O)N1CCC[C@@H](c2[nH]c3ncccc3c2CN2CCC[C@@H](CO)C2)C1. The number of likely N-dealkylation sites (tertiary alicyclic amines) is 2. The first kappa shape index (κ1) is 18.4. The highest BCUT2D eigenvalue weighted by Gasteiger charge is 2.28. The van der Waals surface area contributed by atoms with E-state index >= 15 is 0 Å². The summed E-state index contributed by atoms with van der Waals surface area (Å²) in [7, 11) is 0. The first-order valence-electron chi connectivity index (χ1n) is 10.2. The molecule has 2 aromatic heterocycles. The molecule has 0 radical (unpaired) electrons. The highest BCUT2D eigenvalue weighted by molar-refractivity contribution is 5.81. The van der Waals surface area contributed by atoms with Gasteiger partial charge in [0.25, 0.3) is 0 Å². The molecule has 0 spiro atoms. The van der Waals surface area contributed by atoms with E-state index < -0.39 is 0 Å². The second-order valence-electron chi connectivity index (χ2n) is 8.15. The lowest BCUT2D eigenvalue weighted by Gasteiger charge is -2.34. The summed E-state index contributed by atoms with van der Waals surface area (Å²) in [6, 6.07) is 4.15. The summed E-state index contributed by atoms with van der Waals surface area (Å²) in [6.45, 7) is 6.50. The number of carbonyl (C=O) groups is 1. The van der Waals surface area contributed by atoms with Crippen LogP contribution in [0.4, 0.5) is 0 Å². The second-order valence-corrected chi connectivity index (χ2v) is 8.15. The molecule has 6 heteroatoms. The van der Waals surface area contributed by atoms with Gasteiger partial charge in [0.15, 0.2) is 0 Å². The number of nitrogens with one attached hydrogen (secondary N) is 1. The molecule has 0 unspecified atom stereocenters. The Morgan fingerprint density at radius 2 is 2.15 bits per heavy atom. The number of nitrogens with zero attached hydrogens (tertiary/aromatic N) is 3. The number of aromatic nitrogens is 2. The largest absolute Gasteiger partial charge is 0.396 e. The van der Waals surface area contributed by atoms with Crippen molar-refractivity contribution in [1.29, 1.82) is 0 Å². The maximum Gasteiger partial charge on any atom is 0.219 e. The molecule has 146 valence electrons. The fourth-order valence-corrected chi connectivity index (χ4v) is 4.78. The van der Waals surface area contributed by atoms with Crippen molar-refractivity contribution in [2.75, 3.05) is 32.8 Å². The van der Waals surface area contributed by atoms with Gasteiger partial charge in [0.05, 0.1) is 0 Å². The summed E-state index contributed by atoms with van der Waals surface area (Å²) in [4.78, 5) is 24.5. The van der Waals surface area contributed by atoms with Crippen molar-refractivity contribution in [2.45, 2.75) is 45.1 Å². The van der Waals surface area contributed by atoms with Crippen LogP contribution >= 0.6 is 0 Å². The van der Waals surface area contributed by atoms with Crippen LogP contribution in [0.25, 0.3) is 11.0 Å². The zero-order valence-corrected chi connectivity index (χ0v) is 16.2. The number of aromatic amines is 1. The van der Waals surface area contributed by atoms with Gasteiger partial charge >= 0.3 is 0 Å². The van der Waals surface area contributed by atoms with Gasteiger partial charge in [-0.2, -0.15) is 0 Å². The number of piperidine rings is 2. The first-order chi connectivity index (χ1) is 13.2. The van der Waals surface area contributed by atoms with Crippen LogP contribution < -0.4 is 0 Å². The Morgan fingerprint density at radius 3 is 2.96 bits per heavy atom. The number of rotatable bonds is 4. The number of H-pyrrole nitrogens is 1. The van der Waals surface area contributed by atoms with Crippen molar-refractivity contribution in [3.63, 3.8) is 0 Å². The third kappa shape index (κ3) is 3.87. The lowest BCUT2D eigenvalue weighted by molar-refractivity contribution is -0.130. The van der Waals surface area contributed by atoms with Gasteiger partial charge in [-0.05, 0) is 55.8 Å². The van der Waals surface area contributed by atoms with E-state index in [2.05, 4.69) is 20.9 Å². The van der Waals surface area contributed by atoms with E-state index in [9.17, 15) is 9.90 Å². The van der Waals surface area contributed by atoms with Gasteiger partial charge < -0.3 is 15.0 Å². The van der Waals surface area contributed by atoms with Crippen molar-refractivity contribution in [1.82, 2.24) is 19.8 Å². The molecule has 2 aromatic rings. The van der Waals surface area contributed by atoms with Gasteiger partial charge in [-0.25, -0.2) is 4.98 Å². The Bertz CT molecular complexity index is 803. The Labute approximate surface area is 160 Å². The first-order valence-corrected chi connectivity index (χ1v) is 10.2. The predicted octanol–water partition coefficient (Wildman–Crippen LogP) is 2.49. The third-order valence-corrected chi connectivity index (χ3v) is 6.23. The molecule has 2 aliphatic heterocycles. The monoisotopic (exact) mass is 370 g/mol. The van der Waals surface area contributed by atoms with Gasteiger partial charge in [0, 0.05) is 62.9 Å². The number of hydrogen-bond donors (Lipinski definition) is 2. The topological polar surface area (TPSA) is 72.5 Å². The summed E-state index contributed by atoms with van der Waals surface area (Å²) in [5.74, 6) is 0.885. The number of aliphatic hydroxyl groups is 1. The molecule has 2 aliphatic rings. The van der Waals surface area contributed by atoms with Gasteiger partial charge in [-0.3, -0.25) is 9.69 Å². The minimum absolute atomic E-state index is 0.164. The van der Waals surface area contributed by atoms with Crippen molar-refractivity contribution in [3.05, 3.63) is 29.6 Å². The molecule has 0 aliphatic carbocycles. The highest BCUT2D eigenvalue weighted by Crippen LogP contribution is 2.34. The number of carbonyl (C=O) groups excluding carboxylic acids is 1. The molecular weight excluding hydrogens is 340 g/mol. The molecule has 1 amide bonds. The number of aliphatic hydroxyl groups excluding tert-OH is 1. The number of pyridine rings is 1. The van der Waals surface area contributed by atoms with E-state index in [-0.39, 0.29) is 12.5 Å². The Kier molecular flexibility index (Phi) is 5.45. The van der Waals surface area contributed by atoms with E-state index in [0.29, 0.717) is 11.8 Å². The van der Waals surface area contributed by atoms with Crippen molar-refractivity contribution in [3.8, 4) is 0 Å². The minimum Gasteiger partial charge on any atom is -0.396 e. The standard InChI is InChI=1S/C21H30N4O2/c1-15(27)25-10-4-6-17(12-25)20-19(18-7-2-8-22-21(18)23-20)13-24-9-3-5-16(11-24)14-26/h2,7-8,16-17,26H,3-6,9-14H2,1H3,(H,22,23)/t16-,17-/m1/s1. The molecule has 2 fully saturated rings. The average Bonchev–Trinajstić information content (AvgIpc) is 3.07. The summed E-state index contributed by atoms with van der Waals surface area (Å²) in [5, 5.41) is 10.8. The van der Waals surface area contributed by atoms with Gasteiger partial charge in [0.1, 0.15) is 5.65 Å². The number of fused-ring (bicyclic) bond motifs is 1. The van der Waals surface area contributed by atoms with E-state index in [4.69, 9.17) is 0 Å². The van der Waals surface area contributed by atoms with Crippen molar-refractivity contribution in [2.24, 2.45) is 5.92 Å². The van der Waals surface area contributed by atoms with E-state index in [1.807, 2.05) is 17.2 Å². The quantitative estimate of drug-likeness (QED) is 0.867. The molecule has 2 saturated heterocycles. The van der Waals surface area contributed by atoms with Crippen LogP contribution in [0.15, 0.2) is 18.3 Å². The smallest absolute Gasteiger partial charge is 0.219 e. The van der Waals surface area contributed by atoms with E-state index in [0.717, 1.165) is 64.1 Å². The molecule has 6 nitrogen and oxygen atoms in total. The van der Waals surface area contributed by atoms with E-state index in [1.165, 1.54) is 16.6 Å². The molecule has 0 saturated carbocycles. The normalized spacial score (nSPS) is 24.4. The molecule has 2 atom stereocenters. The van der Waals surface area contributed by atoms with Crippen LogP contribution in [0.1, 0.15) is 49.8 Å². The lowest BCUT2D eigenvalue weighted by atomic mass is 9.91. The average molecular weight is 370 g/mol. The number of hydrogen-bond acceptors (Lipinski definition) is 4. The molecular formula is C21H30N4O2. The molecule has 4 rings (SSSR count). The van der Waals surface area contributed by atoms with Crippen LogP contribution in [0, 0.1) is 5.92 Å².